The van der Waals surface area contributed by atoms with Crippen molar-refractivity contribution in [3.8, 4) is 5.75 Å². The van der Waals surface area contributed by atoms with Crippen molar-refractivity contribution in [3.63, 3.8) is 0 Å². The van der Waals surface area contributed by atoms with Gasteiger partial charge in [-0.15, -0.1) is 0 Å². The minimum absolute atomic E-state index is 0.0671. The number of carbonyl (C=O) groups is 2. The van der Waals surface area contributed by atoms with Crippen LogP contribution in [0, 0.1) is 0 Å². The number of carboxylic acids is 1. The number of amides is 2. The van der Waals surface area contributed by atoms with Crippen LogP contribution in [0.15, 0.2) is 24.3 Å². The molecule has 0 unspecified atom stereocenters. The monoisotopic (exact) mass is 409 g/mol. The van der Waals surface area contributed by atoms with Gasteiger partial charge in [-0.25, -0.2) is 15.0 Å². The highest BCUT2D eigenvalue weighted by Gasteiger charge is 2.05. The first-order chi connectivity index (χ1) is 14.0. The molecule has 1 rings (SSSR count). The molecule has 0 aliphatic heterocycles. The van der Waals surface area contributed by atoms with Crippen LogP contribution in [-0.2, 0) is 0 Å². The van der Waals surface area contributed by atoms with Crippen molar-refractivity contribution in [3.05, 3.63) is 29.8 Å². The minimum atomic E-state index is -1.11. The quantitative estimate of drug-likeness (QED) is 0.207. The zero-order valence-electron chi connectivity index (χ0n) is 17.8. The van der Waals surface area contributed by atoms with E-state index >= 15 is 0 Å². The zero-order valence-corrected chi connectivity index (χ0v) is 17.8. The first-order valence-corrected chi connectivity index (χ1v) is 10.8. The molecule has 0 aliphatic rings. The van der Waals surface area contributed by atoms with Gasteiger partial charge in [-0.05, 0) is 18.6 Å². The molecular formula is C22H39N3O4. The molecule has 2 amide bonds. The summed E-state index contributed by atoms with van der Waals surface area (Å²) < 4.78 is 0. The fourth-order valence-electron chi connectivity index (χ4n) is 2.86. The topological polar surface area (TPSA) is 125 Å². The average Bonchev–Trinajstić information content (AvgIpc) is 2.68. The lowest BCUT2D eigenvalue weighted by Crippen LogP contribution is -2.41. The van der Waals surface area contributed by atoms with E-state index in [1.165, 1.54) is 82.8 Å². The van der Waals surface area contributed by atoms with Crippen LogP contribution in [0.2, 0.25) is 0 Å². The summed E-state index contributed by atoms with van der Waals surface area (Å²) in [7, 11) is 0. The number of aromatic carboxylic acids is 1. The van der Waals surface area contributed by atoms with Crippen molar-refractivity contribution < 1.29 is 19.8 Å². The number of hydrogen-bond acceptors (Lipinski definition) is 4. The molecule has 7 nitrogen and oxygen atoms in total. The van der Waals surface area contributed by atoms with Crippen molar-refractivity contribution >= 4 is 12.0 Å². The van der Waals surface area contributed by atoms with Crippen LogP contribution in [0.1, 0.15) is 94.3 Å². The molecule has 0 heterocycles. The first kappa shape index (κ1) is 26.7. The van der Waals surface area contributed by atoms with Crippen LogP contribution in [0.4, 0.5) is 4.79 Å². The number of unbranched alkanes of at least 4 members (excludes halogenated alkanes) is 11. The number of urea groups is 1. The van der Waals surface area contributed by atoms with E-state index in [0.29, 0.717) is 0 Å². The first-order valence-electron chi connectivity index (χ1n) is 10.8. The normalized spacial score (nSPS) is 10.1. The summed E-state index contributed by atoms with van der Waals surface area (Å²) in [6, 6.07) is 5.30. The molecule has 29 heavy (non-hydrogen) atoms. The molecule has 0 saturated heterocycles. The SMILES string of the molecule is CCCCCCCCCCCCCCNNC(N)=O.O=C(O)c1ccccc1O. The Bertz CT molecular complexity index is 553. The van der Waals surface area contributed by atoms with E-state index < -0.39 is 12.0 Å². The maximum absolute atomic E-state index is 10.4. The Hall–Kier alpha value is -2.28. The van der Waals surface area contributed by atoms with Crippen LogP contribution in [-0.4, -0.2) is 28.8 Å². The van der Waals surface area contributed by atoms with E-state index in [9.17, 15) is 9.59 Å². The number of hydrazine groups is 1. The van der Waals surface area contributed by atoms with Gasteiger partial charge in [0.15, 0.2) is 0 Å². The molecule has 6 N–H and O–H groups in total. The Kier molecular flexibility index (Phi) is 17.6. The zero-order chi connectivity index (χ0) is 21.7. The third-order valence-electron chi connectivity index (χ3n) is 4.50. The van der Waals surface area contributed by atoms with Gasteiger partial charge in [0.05, 0.1) is 0 Å². The van der Waals surface area contributed by atoms with Gasteiger partial charge in [0.2, 0.25) is 0 Å². The molecular weight excluding hydrogens is 370 g/mol. The average molecular weight is 410 g/mol. The molecule has 1 aromatic rings. The third-order valence-corrected chi connectivity index (χ3v) is 4.50. The van der Waals surface area contributed by atoms with Gasteiger partial charge in [0.1, 0.15) is 11.3 Å². The molecule has 0 spiro atoms. The molecule has 0 aliphatic carbocycles. The standard InChI is InChI=1S/C15H33N3O.C7H6O3/c1-2-3-4-5-6-7-8-9-10-11-12-13-14-17-18-15(16)19;8-6-4-2-1-3-5(6)7(9)10/h17H,2-14H2,1H3,(H3,16,18,19);1-4,8H,(H,9,10). The van der Waals surface area contributed by atoms with Gasteiger partial charge >= 0.3 is 12.0 Å². The largest absolute Gasteiger partial charge is 0.507 e. The van der Waals surface area contributed by atoms with E-state index in [4.69, 9.17) is 15.9 Å². The maximum atomic E-state index is 10.4. The van der Waals surface area contributed by atoms with Gasteiger partial charge in [0.25, 0.3) is 0 Å². The van der Waals surface area contributed by atoms with Crippen LogP contribution >= 0.6 is 0 Å². The van der Waals surface area contributed by atoms with Crippen molar-refractivity contribution in [2.45, 2.75) is 84.0 Å². The number of carboxylic acid groups (broad SMARTS) is 1. The summed E-state index contributed by atoms with van der Waals surface area (Å²) in [6.07, 6.45) is 16.1. The fourth-order valence-corrected chi connectivity index (χ4v) is 2.86. The molecule has 0 atom stereocenters. The Morgan fingerprint density at radius 1 is 0.862 bits per heavy atom. The van der Waals surface area contributed by atoms with Gasteiger partial charge in [0, 0.05) is 6.54 Å². The molecule has 0 radical (unpaired) electrons. The second-order valence-corrected chi connectivity index (χ2v) is 7.13. The van der Waals surface area contributed by atoms with Crippen molar-refractivity contribution in [2.24, 2.45) is 5.73 Å². The van der Waals surface area contributed by atoms with E-state index in [1.54, 1.807) is 12.1 Å². The lowest BCUT2D eigenvalue weighted by molar-refractivity contribution is 0.0693. The minimum Gasteiger partial charge on any atom is -0.507 e. The van der Waals surface area contributed by atoms with Crippen LogP contribution in [0.3, 0.4) is 0 Å². The van der Waals surface area contributed by atoms with Gasteiger partial charge in [-0.2, -0.15) is 0 Å². The number of rotatable bonds is 15. The van der Waals surface area contributed by atoms with Crippen LogP contribution < -0.4 is 16.6 Å². The van der Waals surface area contributed by atoms with Crippen molar-refractivity contribution in [2.75, 3.05) is 6.54 Å². The van der Waals surface area contributed by atoms with E-state index in [-0.39, 0.29) is 11.3 Å². The van der Waals surface area contributed by atoms with Gasteiger partial charge in [-0.1, -0.05) is 89.7 Å². The predicted molar refractivity (Wildman–Crippen MR) is 117 cm³/mol. The Balaban J connectivity index is 0.000000651. The molecule has 0 aromatic heterocycles. The summed E-state index contributed by atoms with van der Waals surface area (Å²) >= 11 is 0. The number of aromatic hydroxyl groups is 1. The number of phenols is 1. The number of para-hydroxylation sites is 1. The predicted octanol–water partition coefficient (Wildman–Crippen LogP) is 4.95. The number of hydrogen-bond donors (Lipinski definition) is 5. The third kappa shape index (κ3) is 17.5. The molecule has 1 aromatic carbocycles. The van der Waals surface area contributed by atoms with Crippen molar-refractivity contribution in [1.29, 1.82) is 0 Å². The molecule has 0 bridgehead atoms. The summed E-state index contributed by atoms with van der Waals surface area (Å²) in [5, 5.41) is 17.3. The van der Waals surface area contributed by atoms with E-state index in [2.05, 4.69) is 17.8 Å². The summed E-state index contributed by atoms with van der Waals surface area (Å²) in [4.78, 5) is 20.6. The summed E-state index contributed by atoms with van der Waals surface area (Å²) in [5.74, 6) is -1.31. The molecule has 0 fully saturated rings. The highest BCUT2D eigenvalue weighted by molar-refractivity contribution is 5.90. The van der Waals surface area contributed by atoms with E-state index in [0.717, 1.165) is 13.0 Å². The number of benzene rings is 1. The Morgan fingerprint density at radius 3 is 1.76 bits per heavy atom. The maximum Gasteiger partial charge on any atom is 0.339 e. The Labute approximate surface area is 175 Å². The smallest absolute Gasteiger partial charge is 0.339 e. The summed E-state index contributed by atoms with van der Waals surface area (Å²) in [5.41, 5.74) is 10.0. The molecule has 7 heteroatoms. The lowest BCUT2D eigenvalue weighted by Gasteiger charge is -2.04. The Morgan fingerprint density at radius 2 is 1.34 bits per heavy atom. The van der Waals surface area contributed by atoms with Crippen LogP contribution in [0.5, 0.6) is 5.75 Å². The fraction of sp³-hybridized carbons (Fsp3) is 0.636. The van der Waals surface area contributed by atoms with Gasteiger partial charge in [-0.3, -0.25) is 5.43 Å². The number of primary amides is 1. The second-order valence-electron chi connectivity index (χ2n) is 7.13. The lowest BCUT2D eigenvalue weighted by atomic mass is 10.1. The second kappa shape index (κ2) is 19.1. The molecule has 0 saturated carbocycles. The number of nitrogens with two attached hydrogens (primary N) is 1. The molecule has 166 valence electrons. The van der Waals surface area contributed by atoms with Crippen molar-refractivity contribution in [1.82, 2.24) is 10.9 Å². The van der Waals surface area contributed by atoms with Crippen LogP contribution in [0.25, 0.3) is 0 Å². The number of nitrogens with one attached hydrogen (secondary N) is 2. The van der Waals surface area contributed by atoms with Gasteiger partial charge < -0.3 is 15.9 Å². The number of carbonyl (C=O) groups excluding carboxylic acids is 1. The summed E-state index contributed by atoms with van der Waals surface area (Å²) in [6.45, 7) is 3.07. The van der Waals surface area contributed by atoms with E-state index in [1.807, 2.05) is 0 Å². The highest BCUT2D eigenvalue weighted by Crippen LogP contribution is 2.14. The highest BCUT2D eigenvalue weighted by atomic mass is 16.4.